The van der Waals surface area contributed by atoms with Gasteiger partial charge in [-0.25, -0.2) is 0 Å². The molecule has 0 aromatic heterocycles. The highest BCUT2D eigenvalue weighted by molar-refractivity contribution is 9.10. The zero-order valence-electron chi connectivity index (χ0n) is 11.1. The predicted molar refractivity (Wildman–Crippen MR) is 85.7 cm³/mol. The van der Waals surface area contributed by atoms with E-state index >= 15 is 0 Å². The number of hydrogen-bond donors (Lipinski definition) is 2. The summed E-state index contributed by atoms with van der Waals surface area (Å²) in [5, 5.41) is 13.8. The van der Waals surface area contributed by atoms with E-state index in [9.17, 15) is 9.90 Å². The summed E-state index contributed by atoms with van der Waals surface area (Å²) >= 11 is 9.39. The third-order valence-electron chi connectivity index (χ3n) is 3.63. The van der Waals surface area contributed by atoms with E-state index in [1.54, 1.807) is 24.3 Å². The van der Waals surface area contributed by atoms with E-state index in [-0.39, 0.29) is 5.91 Å². The van der Waals surface area contributed by atoms with Gasteiger partial charge in [-0.05, 0) is 57.2 Å². The molecular weight excluding hydrogens is 354 g/mol. The zero-order chi connectivity index (χ0) is 15.0. The number of carbonyl (C=O) groups is 1. The fourth-order valence-corrected chi connectivity index (χ4v) is 2.91. The Labute approximate surface area is 136 Å². The van der Waals surface area contributed by atoms with Gasteiger partial charge in [0.15, 0.2) is 0 Å². The van der Waals surface area contributed by atoms with Gasteiger partial charge in [0.1, 0.15) is 6.10 Å². The lowest BCUT2D eigenvalue weighted by Gasteiger charge is -2.19. The highest BCUT2D eigenvalue weighted by atomic mass is 79.9. The van der Waals surface area contributed by atoms with Crippen LogP contribution in [0.2, 0.25) is 5.02 Å². The number of benzene rings is 2. The fourth-order valence-electron chi connectivity index (χ4n) is 2.47. The van der Waals surface area contributed by atoms with Crippen molar-refractivity contribution in [3.05, 3.63) is 68.1 Å². The molecule has 5 heteroatoms. The lowest BCUT2D eigenvalue weighted by molar-refractivity contribution is 0.0945. The molecule has 3 rings (SSSR count). The van der Waals surface area contributed by atoms with E-state index in [0.717, 1.165) is 16.5 Å². The van der Waals surface area contributed by atoms with E-state index in [1.165, 1.54) is 0 Å². The summed E-state index contributed by atoms with van der Waals surface area (Å²) in [6, 6.07) is 10.8. The van der Waals surface area contributed by atoms with Crippen molar-refractivity contribution in [3.63, 3.8) is 0 Å². The molecule has 1 heterocycles. The standard InChI is InChI=1S/C16H13BrClNO2/c17-13-4-3-11(8-14(13)18)15(20)10-2-1-9-5-6-19-16(21)12(9)7-10/h1-4,7-8,15,20H,5-6H2,(H,19,21). The van der Waals surface area contributed by atoms with Crippen molar-refractivity contribution in [2.75, 3.05) is 6.54 Å². The molecule has 2 N–H and O–H groups in total. The van der Waals surface area contributed by atoms with Crippen LogP contribution in [-0.2, 0) is 6.42 Å². The quantitative estimate of drug-likeness (QED) is 0.855. The van der Waals surface area contributed by atoms with Crippen LogP contribution in [0.25, 0.3) is 0 Å². The smallest absolute Gasteiger partial charge is 0.251 e. The fraction of sp³-hybridized carbons (Fsp3) is 0.188. The second-order valence-electron chi connectivity index (χ2n) is 5.00. The summed E-state index contributed by atoms with van der Waals surface area (Å²) in [5.74, 6) is -0.0841. The van der Waals surface area contributed by atoms with Crippen LogP contribution in [0, 0.1) is 0 Å². The van der Waals surface area contributed by atoms with Crippen LogP contribution in [0.4, 0.5) is 0 Å². The maximum Gasteiger partial charge on any atom is 0.251 e. The number of rotatable bonds is 2. The van der Waals surface area contributed by atoms with Crippen molar-refractivity contribution in [3.8, 4) is 0 Å². The van der Waals surface area contributed by atoms with Crippen molar-refractivity contribution in [2.45, 2.75) is 12.5 Å². The van der Waals surface area contributed by atoms with Gasteiger partial charge in [-0.15, -0.1) is 0 Å². The number of amides is 1. The second kappa shape index (κ2) is 5.79. The SMILES string of the molecule is O=C1NCCc2ccc(C(O)c3ccc(Br)c(Cl)c3)cc21. The zero-order valence-corrected chi connectivity index (χ0v) is 13.4. The van der Waals surface area contributed by atoms with Gasteiger partial charge in [0.05, 0.1) is 5.02 Å². The van der Waals surface area contributed by atoms with Gasteiger partial charge in [0.25, 0.3) is 5.91 Å². The summed E-state index contributed by atoms with van der Waals surface area (Å²) < 4.78 is 0.782. The molecule has 21 heavy (non-hydrogen) atoms. The third-order valence-corrected chi connectivity index (χ3v) is 4.87. The molecule has 3 nitrogen and oxygen atoms in total. The van der Waals surface area contributed by atoms with E-state index < -0.39 is 6.10 Å². The Kier molecular flexibility index (Phi) is 4.02. The van der Waals surface area contributed by atoms with Crippen molar-refractivity contribution in [2.24, 2.45) is 0 Å². The maximum absolute atomic E-state index is 11.9. The van der Waals surface area contributed by atoms with Crippen molar-refractivity contribution < 1.29 is 9.90 Å². The number of carbonyl (C=O) groups excluding carboxylic acids is 1. The van der Waals surface area contributed by atoms with E-state index in [1.807, 2.05) is 12.1 Å². The molecule has 2 aromatic carbocycles. The summed E-state index contributed by atoms with van der Waals surface area (Å²) in [5.41, 5.74) is 3.04. The van der Waals surface area contributed by atoms with Gasteiger partial charge >= 0.3 is 0 Å². The van der Waals surface area contributed by atoms with Gasteiger partial charge in [-0.2, -0.15) is 0 Å². The molecule has 0 aliphatic carbocycles. The molecule has 2 aromatic rings. The van der Waals surface area contributed by atoms with Gasteiger partial charge < -0.3 is 10.4 Å². The van der Waals surface area contributed by atoms with Gasteiger partial charge in [0, 0.05) is 16.6 Å². The first-order valence-electron chi connectivity index (χ1n) is 6.60. The first kappa shape index (κ1) is 14.6. The predicted octanol–water partition coefficient (Wildman–Crippen LogP) is 3.47. The van der Waals surface area contributed by atoms with E-state index in [4.69, 9.17) is 11.6 Å². The lowest BCUT2D eigenvalue weighted by Crippen LogP contribution is -2.31. The Balaban J connectivity index is 1.98. The highest BCUT2D eigenvalue weighted by Gasteiger charge is 2.19. The Morgan fingerprint density at radius 1 is 1.19 bits per heavy atom. The molecule has 1 unspecified atom stereocenters. The van der Waals surface area contributed by atoms with Crippen LogP contribution < -0.4 is 5.32 Å². The summed E-state index contributed by atoms with van der Waals surface area (Å²) in [6.45, 7) is 0.663. The average Bonchev–Trinajstić information content (AvgIpc) is 2.49. The van der Waals surface area contributed by atoms with Gasteiger partial charge in [0.2, 0.25) is 0 Å². The molecule has 108 valence electrons. The Bertz CT molecular complexity index is 717. The van der Waals surface area contributed by atoms with E-state index in [2.05, 4.69) is 21.2 Å². The average molecular weight is 367 g/mol. The molecule has 1 aliphatic heterocycles. The van der Waals surface area contributed by atoms with Crippen molar-refractivity contribution >= 4 is 33.4 Å². The maximum atomic E-state index is 11.9. The monoisotopic (exact) mass is 365 g/mol. The Hall–Kier alpha value is -1.36. The summed E-state index contributed by atoms with van der Waals surface area (Å²) in [4.78, 5) is 11.9. The van der Waals surface area contributed by atoms with E-state index in [0.29, 0.717) is 28.3 Å². The van der Waals surface area contributed by atoms with Gasteiger partial charge in [-0.3, -0.25) is 4.79 Å². The molecular formula is C16H13BrClNO2. The number of halogens is 2. The molecule has 0 bridgehead atoms. The molecule has 1 atom stereocenters. The van der Waals surface area contributed by atoms with Crippen LogP contribution in [0.1, 0.15) is 33.2 Å². The molecule has 0 saturated carbocycles. The largest absolute Gasteiger partial charge is 0.384 e. The Morgan fingerprint density at radius 2 is 1.90 bits per heavy atom. The second-order valence-corrected chi connectivity index (χ2v) is 6.26. The number of hydrogen-bond acceptors (Lipinski definition) is 2. The van der Waals surface area contributed by atoms with Gasteiger partial charge in [-0.1, -0.05) is 29.8 Å². The minimum Gasteiger partial charge on any atom is -0.384 e. The Morgan fingerprint density at radius 3 is 2.67 bits per heavy atom. The van der Waals surface area contributed by atoms with Crippen molar-refractivity contribution in [1.29, 1.82) is 0 Å². The number of fused-ring (bicyclic) bond motifs is 1. The molecule has 0 saturated heterocycles. The third kappa shape index (κ3) is 2.84. The van der Waals surface area contributed by atoms with Crippen LogP contribution in [0.5, 0.6) is 0 Å². The normalized spacial score (nSPS) is 15.3. The molecule has 1 aliphatic rings. The first-order chi connectivity index (χ1) is 10.1. The lowest BCUT2D eigenvalue weighted by atomic mass is 9.94. The number of aliphatic hydroxyl groups is 1. The minimum absolute atomic E-state index is 0.0841. The number of aliphatic hydroxyl groups excluding tert-OH is 1. The molecule has 0 radical (unpaired) electrons. The highest BCUT2D eigenvalue weighted by Crippen LogP contribution is 2.30. The molecule has 1 amide bonds. The first-order valence-corrected chi connectivity index (χ1v) is 7.77. The van der Waals surface area contributed by atoms with Crippen LogP contribution in [0.3, 0.4) is 0 Å². The molecule has 0 fully saturated rings. The summed E-state index contributed by atoms with van der Waals surface area (Å²) in [7, 11) is 0. The minimum atomic E-state index is -0.810. The van der Waals surface area contributed by atoms with Crippen LogP contribution >= 0.6 is 27.5 Å². The molecule has 0 spiro atoms. The van der Waals surface area contributed by atoms with Crippen LogP contribution in [0.15, 0.2) is 40.9 Å². The number of nitrogens with one attached hydrogen (secondary N) is 1. The summed E-state index contributed by atoms with van der Waals surface area (Å²) in [6.07, 6.45) is 0.0114. The van der Waals surface area contributed by atoms with Crippen molar-refractivity contribution in [1.82, 2.24) is 5.32 Å². The van der Waals surface area contributed by atoms with Crippen LogP contribution in [-0.4, -0.2) is 17.6 Å². The topological polar surface area (TPSA) is 49.3 Å².